The summed E-state index contributed by atoms with van der Waals surface area (Å²) < 4.78 is 1.98. The van der Waals surface area contributed by atoms with Crippen LogP contribution >= 0.6 is 0 Å². The van der Waals surface area contributed by atoms with Gasteiger partial charge in [0.1, 0.15) is 0 Å². The van der Waals surface area contributed by atoms with Crippen LogP contribution in [0.2, 0.25) is 0 Å². The Morgan fingerprint density at radius 1 is 1.39 bits per heavy atom. The van der Waals surface area contributed by atoms with Gasteiger partial charge in [-0.05, 0) is 32.9 Å². The molecule has 2 aromatic rings. The summed E-state index contributed by atoms with van der Waals surface area (Å²) in [5, 5.41) is 16.0. The lowest BCUT2D eigenvalue weighted by molar-refractivity contribution is 0.0530. The zero-order valence-corrected chi connectivity index (χ0v) is 11.1. The Morgan fingerprint density at radius 2 is 2.11 bits per heavy atom. The molecule has 0 aliphatic rings. The van der Waals surface area contributed by atoms with Gasteiger partial charge in [0.2, 0.25) is 0 Å². The zero-order chi connectivity index (χ0) is 13.2. The van der Waals surface area contributed by atoms with E-state index in [-0.39, 0.29) is 0 Å². The topological polar surface area (TPSA) is 64.1 Å². The average Bonchev–Trinajstić information content (AvgIpc) is 2.67. The van der Waals surface area contributed by atoms with E-state index in [1.54, 1.807) is 0 Å². The smallest absolute Gasteiger partial charge is 0.0731 e. The zero-order valence-electron chi connectivity index (χ0n) is 11.1. The van der Waals surface area contributed by atoms with Gasteiger partial charge in [-0.1, -0.05) is 18.2 Å². The van der Waals surface area contributed by atoms with Gasteiger partial charge in [-0.25, -0.2) is 0 Å². The standard InChI is InChI=1S/C14H21N3O/c1-3-17-13-7-5-4-6-11(13)12(16-17)10-14(2,18)8-9-15/h4-7,18H,3,8-10,15H2,1-2H3. The fraction of sp³-hybridized carbons (Fsp3) is 0.500. The predicted octanol–water partition coefficient (Wildman–Crippen LogP) is 1.70. The second-order valence-corrected chi connectivity index (χ2v) is 4.99. The molecule has 1 aromatic heterocycles. The molecular weight excluding hydrogens is 226 g/mol. The largest absolute Gasteiger partial charge is 0.390 e. The first-order chi connectivity index (χ1) is 8.57. The van der Waals surface area contributed by atoms with E-state index in [0.29, 0.717) is 19.4 Å². The second kappa shape index (κ2) is 5.08. The van der Waals surface area contributed by atoms with Gasteiger partial charge in [0, 0.05) is 18.4 Å². The summed E-state index contributed by atoms with van der Waals surface area (Å²) in [6.45, 7) is 5.21. The summed E-state index contributed by atoms with van der Waals surface area (Å²) in [6.07, 6.45) is 1.12. The van der Waals surface area contributed by atoms with Crippen molar-refractivity contribution in [1.29, 1.82) is 0 Å². The Balaban J connectivity index is 2.39. The Kier molecular flexibility index (Phi) is 3.68. The SMILES string of the molecule is CCn1nc(CC(C)(O)CCN)c2ccccc21. The van der Waals surface area contributed by atoms with Gasteiger partial charge >= 0.3 is 0 Å². The molecule has 0 bridgehead atoms. The molecule has 0 radical (unpaired) electrons. The molecule has 1 heterocycles. The maximum absolute atomic E-state index is 10.3. The summed E-state index contributed by atoms with van der Waals surface area (Å²) in [5.74, 6) is 0. The monoisotopic (exact) mass is 247 g/mol. The van der Waals surface area contributed by atoms with Gasteiger partial charge in [0.05, 0.1) is 16.8 Å². The number of nitrogens with two attached hydrogens (primary N) is 1. The van der Waals surface area contributed by atoms with Crippen molar-refractivity contribution in [2.75, 3.05) is 6.54 Å². The second-order valence-electron chi connectivity index (χ2n) is 4.99. The highest BCUT2D eigenvalue weighted by molar-refractivity contribution is 5.82. The molecular formula is C14H21N3O. The third kappa shape index (κ3) is 2.54. The number of para-hydroxylation sites is 1. The number of hydrogen-bond donors (Lipinski definition) is 2. The van der Waals surface area contributed by atoms with Crippen LogP contribution in [0.3, 0.4) is 0 Å². The molecule has 1 unspecified atom stereocenters. The number of rotatable bonds is 5. The maximum Gasteiger partial charge on any atom is 0.0731 e. The molecule has 0 saturated heterocycles. The van der Waals surface area contributed by atoms with Crippen molar-refractivity contribution < 1.29 is 5.11 Å². The Hall–Kier alpha value is -1.39. The first kappa shape index (κ1) is 13.1. The van der Waals surface area contributed by atoms with Crippen LogP contribution in [0.15, 0.2) is 24.3 Å². The first-order valence-electron chi connectivity index (χ1n) is 6.44. The number of fused-ring (bicyclic) bond motifs is 1. The number of aryl methyl sites for hydroxylation is 1. The lowest BCUT2D eigenvalue weighted by Crippen LogP contribution is -2.30. The van der Waals surface area contributed by atoms with Crippen LogP contribution < -0.4 is 5.73 Å². The molecule has 98 valence electrons. The Morgan fingerprint density at radius 3 is 2.78 bits per heavy atom. The third-order valence-electron chi connectivity index (χ3n) is 3.27. The lowest BCUT2D eigenvalue weighted by Gasteiger charge is -2.21. The molecule has 0 amide bonds. The molecule has 0 saturated carbocycles. The quantitative estimate of drug-likeness (QED) is 0.845. The lowest BCUT2D eigenvalue weighted by atomic mass is 9.95. The molecule has 0 fully saturated rings. The Labute approximate surface area is 107 Å². The minimum absolute atomic E-state index is 0.486. The van der Waals surface area contributed by atoms with Gasteiger partial charge < -0.3 is 10.8 Å². The highest BCUT2D eigenvalue weighted by Gasteiger charge is 2.23. The van der Waals surface area contributed by atoms with Crippen molar-refractivity contribution in [3.8, 4) is 0 Å². The molecule has 0 spiro atoms. The van der Waals surface area contributed by atoms with E-state index < -0.39 is 5.60 Å². The third-order valence-corrected chi connectivity index (χ3v) is 3.27. The first-order valence-corrected chi connectivity index (χ1v) is 6.44. The molecule has 3 N–H and O–H groups in total. The van der Waals surface area contributed by atoms with Crippen LogP contribution in [0, 0.1) is 0 Å². The van der Waals surface area contributed by atoms with Crippen LogP contribution in [0.25, 0.3) is 10.9 Å². The minimum atomic E-state index is -0.787. The molecule has 2 rings (SSSR count). The van der Waals surface area contributed by atoms with Gasteiger partial charge in [-0.2, -0.15) is 5.10 Å². The fourth-order valence-electron chi connectivity index (χ4n) is 2.33. The van der Waals surface area contributed by atoms with Gasteiger partial charge in [0.15, 0.2) is 0 Å². The van der Waals surface area contributed by atoms with Crippen LogP contribution in [0.5, 0.6) is 0 Å². The number of nitrogens with zero attached hydrogens (tertiary/aromatic N) is 2. The summed E-state index contributed by atoms with van der Waals surface area (Å²) in [6, 6.07) is 8.14. The van der Waals surface area contributed by atoms with Crippen LogP contribution in [-0.2, 0) is 13.0 Å². The van der Waals surface area contributed by atoms with E-state index in [1.807, 2.05) is 23.7 Å². The maximum atomic E-state index is 10.3. The molecule has 18 heavy (non-hydrogen) atoms. The highest BCUT2D eigenvalue weighted by atomic mass is 16.3. The summed E-state index contributed by atoms with van der Waals surface area (Å²) in [7, 11) is 0. The van der Waals surface area contributed by atoms with E-state index >= 15 is 0 Å². The van der Waals surface area contributed by atoms with E-state index in [1.165, 1.54) is 0 Å². The summed E-state index contributed by atoms with van der Waals surface area (Å²) in [5.41, 5.74) is 6.81. The summed E-state index contributed by atoms with van der Waals surface area (Å²) >= 11 is 0. The van der Waals surface area contributed by atoms with Crippen LogP contribution in [0.4, 0.5) is 0 Å². The average molecular weight is 247 g/mol. The van der Waals surface area contributed by atoms with Crippen molar-refractivity contribution in [1.82, 2.24) is 9.78 Å². The number of hydrogen-bond acceptors (Lipinski definition) is 3. The van der Waals surface area contributed by atoms with Gasteiger partial charge in [-0.15, -0.1) is 0 Å². The van der Waals surface area contributed by atoms with E-state index in [2.05, 4.69) is 24.2 Å². The van der Waals surface area contributed by atoms with Crippen molar-refractivity contribution >= 4 is 10.9 Å². The fourth-order valence-corrected chi connectivity index (χ4v) is 2.33. The van der Waals surface area contributed by atoms with Crippen LogP contribution in [-0.4, -0.2) is 27.0 Å². The number of aromatic nitrogens is 2. The highest BCUT2D eigenvalue weighted by Crippen LogP contribution is 2.23. The number of aliphatic hydroxyl groups is 1. The predicted molar refractivity (Wildman–Crippen MR) is 73.4 cm³/mol. The van der Waals surface area contributed by atoms with Crippen molar-refractivity contribution in [2.24, 2.45) is 5.73 Å². The van der Waals surface area contributed by atoms with Crippen LogP contribution in [0.1, 0.15) is 26.0 Å². The molecule has 0 aliphatic heterocycles. The molecule has 1 atom stereocenters. The van der Waals surface area contributed by atoms with E-state index in [9.17, 15) is 5.11 Å². The molecule has 1 aromatic carbocycles. The molecule has 4 nitrogen and oxygen atoms in total. The summed E-state index contributed by atoms with van der Waals surface area (Å²) in [4.78, 5) is 0. The van der Waals surface area contributed by atoms with Crippen molar-refractivity contribution in [3.63, 3.8) is 0 Å². The van der Waals surface area contributed by atoms with Crippen molar-refractivity contribution in [2.45, 2.75) is 38.8 Å². The number of benzene rings is 1. The van der Waals surface area contributed by atoms with E-state index in [0.717, 1.165) is 23.1 Å². The Bertz CT molecular complexity index is 531. The van der Waals surface area contributed by atoms with Gasteiger partial charge in [-0.3, -0.25) is 4.68 Å². The van der Waals surface area contributed by atoms with Gasteiger partial charge in [0.25, 0.3) is 0 Å². The molecule has 4 heteroatoms. The normalized spacial score (nSPS) is 14.9. The minimum Gasteiger partial charge on any atom is -0.390 e. The van der Waals surface area contributed by atoms with Crippen molar-refractivity contribution in [3.05, 3.63) is 30.0 Å². The van der Waals surface area contributed by atoms with E-state index in [4.69, 9.17) is 5.73 Å². The molecule has 0 aliphatic carbocycles.